The fourth-order valence-electron chi connectivity index (χ4n) is 0.495. The molecule has 0 N–H and O–H groups in total. The maximum Gasteiger partial charge on any atom is 0.323 e. The maximum atomic E-state index is 10.8. The highest BCUT2D eigenvalue weighted by Gasteiger charge is 2.11. The zero-order valence-corrected chi connectivity index (χ0v) is 6.96. The predicted molar refractivity (Wildman–Crippen MR) is 40.6 cm³/mol. The molecule has 0 saturated carbocycles. The van der Waals surface area contributed by atoms with Crippen LogP contribution in [0.2, 0.25) is 0 Å². The SMILES string of the molecule is CCCCOC(=O)C(C)C#N. The van der Waals surface area contributed by atoms with Crippen molar-refractivity contribution in [2.75, 3.05) is 6.61 Å². The first-order valence-electron chi connectivity index (χ1n) is 3.78. The van der Waals surface area contributed by atoms with Crippen LogP contribution in [-0.2, 0) is 9.53 Å². The van der Waals surface area contributed by atoms with Gasteiger partial charge in [-0.1, -0.05) is 13.3 Å². The monoisotopic (exact) mass is 155 g/mol. The fourth-order valence-corrected chi connectivity index (χ4v) is 0.495. The lowest BCUT2D eigenvalue weighted by atomic mass is 10.2. The van der Waals surface area contributed by atoms with Crippen LogP contribution in [0.25, 0.3) is 0 Å². The van der Waals surface area contributed by atoms with Gasteiger partial charge in [0.05, 0.1) is 12.7 Å². The summed E-state index contributed by atoms with van der Waals surface area (Å²) >= 11 is 0. The summed E-state index contributed by atoms with van der Waals surface area (Å²) < 4.78 is 4.77. The van der Waals surface area contributed by atoms with Gasteiger partial charge in [0.2, 0.25) is 0 Å². The summed E-state index contributed by atoms with van der Waals surface area (Å²) in [5.41, 5.74) is 0. The molecule has 0 saturated heterocycles. The van der Waals surface area contributed by atoms with E-state index in [0.717, 1.165) is 12.8 Å². The summed E-state index contributed by atoms with van der Waals surface area (Å²) in [7, 11) is 0. The standard InChI is InChI=1S/C8H13NO2/c1-3-4-5-11-8(10)7(2)6-9/h7H,3-5H2,1-2H3. The number of hydrogen-bond acceptors (Lipinski definition) is 3. The molecule has 0 amide bonds. The Balaban J connectivity index is 3.46. The molecule has 1 unspecified atom stereocenters. The second-order valence-electron chi connectivity index (χ2n) is 2.37. The Morgan fingerprint density at radius 3 is 2.82 bits per heavy atom. The summed E-state index contributed by atoms with van der Waals surface area (Å²) in [6.45, 7) is 3.98. The number of ether oxygens (including phenoxy) is 1. The Bertz CT molecular complexity index is 160. The Morgan fingerprint density at radius 2 is 2.36 bits per heavy atom. The second kappa shape index (κ2) is 5.72. The van der Waals surface area contributed by atoms with Gasteiger partial charge in [0.25, 0.3) is 0 Å². The molecule has 0 bridgehead atoms. The van der Waals surface area contributed by atoms with Gasteiger partial charge in [-0.15, -0.1) is 0 Å². The molecule has 0 aromatic carbocycles. The minimum absolute atomic E-state index is 0.416. The van der Waals surface area contributed by atoms with Crippen LogP contribution in [-0.4, -0.2) is 12.6 Å². The zero-order valence-electron chi connectivity index (χ0n) is 6.96. The van der Waals surface area contributed by atoms with Crippen molar-refractivity contribution in [2.24, 2.45) is 5.92 Å². The molecule has 62 valence electrons. The van der Waals surface area contributed by atoms with Gasteiger partial charge in [-0.05, 0) is 13.3 Å². The molecule has 0 rings (SSSR count). The lowest BCUT2D eigenvalue weighted by Gasteiger charge is -2.03. The molecule has 1 atom stereocenters. The van der Waals surface area contributed by atoms with Crippen LogP contribution in [0.15, 0.2) is 0 Å². The molecule has 0 radical (unpaired) electrons. The van der Waals surface area contributed by atoms with Gasteiger partial charge in [-0.3, -0.25) is 4.79 Å². The normalized spacial score (nSPS) is 11.7. The van der Waals surface area contributed by atoms with E-state index in [4.69, 9.17) is 10.00 Å². The number of esters is 1. The van der Waals surface area contributed by atoms with Crippen LogP contribution in [0, 0.1) is 17.2 Å². The van der Waals surface area contributed by atoms with E-state index in [0.29, 0.717) is 6.61 Å². The van der Waals surface area contributed by atoms with E-state index in [-0.39, 0.29) is 0 Å². The molecule has 3 heteroatoms. The molecule has 0 aromatic heterocycles. The minimum atomic E-state index is -0.633. The van der Waals surface area contributed by atoms with E-state index in [1.165, 1.54) is 6.92 Å². The van der Waals surface area contributed by atoms with Crippen molar-refractivity contribution in [3.63, 3.8) is 0 Å². The second-order valence-corrected chi connectivity index (χ2v) is 2.37. The minimum Gasteiger partial charge on any atom is -0.465 e. The number of rotatable bonds is 4. The Labute approximate surface area is 67.0 Å². The van der Waals surface area contributed by atoms with Crippen LogP contribution in [0.3, 0.4) is 0 Å². The van der Waals surface area contributed by atoms with Crippen molar-refractivity contribution in [2.45, 2.75) is 26.7 Å². The zero-order chi connectivity index (χ0) is 8.69. The summed E-state index contributed by atoms with van der Waals surface area (Å²) in [5.74, 6) is -1.05. The topological polar surface area (TPSA) is 50.1 Å². The first kappa shape index (κ1) is 9.96. The van der Waals surface area contributed by atoms with Gasteiger partial charge in [-0.2, -0.15) is 5.26 Å². The molecule has 0 aliphatic carbocycles. The van der Waals surface area contributed by atoms with E-state index >= 15 is 0 Å². The molecule has 3 nitrogen and oxygen atoms in total. The van der Waals surface area contributed by atoms with Crippen molar-refractivity contribution >= 4 is 5.97 Å². The summed E-state index contributed by atoms with van der Waals surface area (Å²) in [5, 5.41) is 8.31. The number of nitriles is 1. The summed E-state index contributed by atoms with van der Waals surface area (Å²) in [4.78, 5) is 10.8. The van der Waals surface area contributed by atoms with E-state index in [1.54, 1.807) is 0 Å². The smallest absolute Gasteiger partial charge is 0.323 e. The van der Waals surface area contributed by atoms with Crippen LogP contribution < -0.4 is 0 Å². The van der Waals surface area contributed by atoms with Gasteiger partial charge < -0.3 is 4.74 Å². The maximum absolute atomic E-state index is 10.8. The molecular formula is C8H13NO2. The average molecular weight is 155 g/mol. The van der Waals surface area contributed by atoms with Gasteiger partial charge in [0.1, 0.15) is 5.92 Å². The van der Waals surface area contributed by atoms with Crippen molar-refractivity contribution in [1.82, 2.24) is 0 Å². The molecule has 0 aliphatic heterocycles. The van der Waals surface area contributed by atoms with E-state index in [2.05, 4.69) is 0 Å². The molecule has 0 aromatic rings. The third-order valence-corrected chi connectivity index (χ3v) is 1.29. The number of nitrogens with zero attached hydrogens (tertiary/aromatic N) is 1. The number of hydrogen-bond donors (Lipinski definition) is 0. The summed E-state index contributed by atoms with van der Waals surface area (Å²) in [6.07, 6.45) is 1.86. The Hall–Kier alpha value is -1.04. The number of carbonyl (C=O) groups excluding carboxylic acids is 1. The molecule has 11 heavy (non-hydrogen) atoms. The first-order valence-corrected chi connectivity index (χ1v) is 3.78. The van der Waals surface area contributed by atoms with Gasteiger partial charge >= 0.3 is 5.97 Å². The molecular weight excluding hydrogens is 142 g/mol. The Morgan fingerprint density at radius 1 is 1.73 bits per heavy atom. The first-order chi connectivity index (χ1) is 5.22. The quantitative estimate of drug-likeness (QED) is 0.456. The highest BCUT2D eigenvalue weighted by molar-refractivity contribution is 5.74. The van der Waals surface area contributed by atoms with E-state index in [9.17, 15) is 4.79 Å². The van der Waals surface area contributed by atoms with Crippen molar-refractivity contribution in [3.05, 3.63) is 0 Å². The van der Waals surface area contributed by atoms with Gasteiger partial charge in [-0.25, -0.2) is 0 Å². The largest absolute Gasteiger partial charge is 0.465 e. The fraction of sp³-hybridized carbons (Fsp3) is 0.750. The van der Waals surface area contributed by atoms with Crippen molar-refractivity contribution in [1.29, 1.82) is 5.26 Å². The van der Waals surface area contributed by atoms with Crippen LogP contribution in [0.4, 0.5) is 0 Å². The average Bonchev–Trinajstić information content (AvgIpc) is 2.03. The van der Waals surface area contributed by atoms with Crippen molar-refractivity contribution in [3.8, 4) is 6.07 Å². The van der Waals surface area contributed by atoms with E-state index in [1.807, 2.05) is 13.0 Å². The number of carbonyl (C=O) groups is 1. The van der Waals surface area contributed by atoms with Gasteiger partial charge in [0, 0.05) is 0 Å². The van der Waals surface area contributed by atoms with Gasteiger partial charge in [0.15, 0.2) is 0 Å². The van der Waals surface area contributed by atoms with E-state index < -0.39 is 11.9 Å². The predicted octanol–water partition coefficient (Wildman–Crippen LogP) is 1.49. The van der Waals surface area contributed by atoms with Crippen LogP contribution >= 0.6 is 0 Å². The van der Waals surface area contributed by atoms with Crippen molar-refractivity contribution < 1.29 is 9.53 Å². The lowest BCUT2D eigenvalue weighted by molar-refractivity contribution is -0.146. The number of unbranched alkanes of at least 4 members (excludes halogenated alkanes) is 1. The highest BCUT2D eigenvalue weighted by Crippen LogP contribution is 1.97. The molecule has 0 fully saturated rings. The summed E-state index contributed by atoms with van der Waals surface area (Å²) in [6, 6.07) is 1.82. The highest BCUT2D eigenvalue weighted by atomic mass is 16.5. The third-order valence-electron chi connectivity index (χ3n) is 1.29. The van der Waals surface area contributed by atoms with Crippen LogP contribution in [0.5, 0.6) is 0 Å². The van der Waals surface area contributed by atoms with Crippen LogP contribution in [0.1, 0.15) is 26.7 Å². The Kier molecular flexibility index (Phi) is 5.18. The molecule has 0 spiro atoms. The molecule has 0 heterocycles. The lowest BCUT2D eigenvalue weighted by Crippen LogP contribution is -2.13. The molecule has 0 aliphatic rings. The third kappa shape index (κ3) is 4.38.